The number of para-hydroxylation sites is 3. The van der Waals surface area contributed by atoms with Crippen LogP contribution >= 0.6 is 0 Å². The Hall–Kier alpha value is -5.34. The summed E-state index contributed by atoms with van der Waals surface area (Å²) >= 11 is 0. The fourth-order valence-electron chi connectivity index (χ4n) is 6.69. The molecule has 2 heteroatoms. The minimum absolute atomic E-state index is 1.18. The van der Waals surface area contributed by atoms with Gasteiger partial charge in [0.05, 0.1) is 22.1 Å². The average molecular weight is 509 g/mol. The molecule has 0 radical (unpaired) electrons. The topological polar surface area (TPSA) is 9.86 Å². The first-order chi connectivity index (χ1) is 19.8. The summed E-state index contributed by atoms with van der Waals surface area (Å²) in [6.45, 7) is 0. The van der Waals surface area contributed by atoms with Gasteiger partial charge < -0.3 is 9.13 Å². The van der Waals surface area contributed by atoms with Gasteiger partial charge in [-0.05, 0) is 64.7 Å². The molecule has 0 unspecified atom stereocenters. The van der Waals surface area contributed by atoms with E-state index in [-0.39, 0.29) is 0 Å². The molecule has 186 valence electrons. The summed E-state index contributed by atoms with van der Waals surface area (Å²) in [6.07, 6.45) is 0. The van der Waals surface area contributed by atoms with Gasteiger partial charge in [-0.2, -0.15) is 0 Å². The molecule has 0 amide bonds. The molecule has 2 aromatic heterocycles. The van der Waals surface area contributed by atoms with Crippen LogP contribution in [-0.4, -0.2) is 9.13 Å². The van der Waals surface area contributed by atoms with Crippen molar-refractivity contribution in [3.63, 3.8) is 0 Å². The molecule has 0 aliphatic rings. The molecule has 0 fully saturated rings. The summed E-state index contributed by atoms with van der Waals surface area (Å²) in [6, 6.07) is 53.1. The summed E-state index contributed by atoms with van der Waals surface area (Å²) in [5, 5.41) is 10.1. The van der Waals surface area contributed by atoms with E-state index in [1.54, 1.807) is 0 Å². The Morgan fingerprint density at radius 1 is 0.300 bits per heavy atom. The SMILES string of the molecule is c1ccc(-n2c3ccccc3c3cc4c(ccc5c6ccccc6n(-c6ccc7ccccc7c6)c45)cc32)cc1. The van der Waals surface area contributed by atoms with Crippen molar-refractivity contribution in [2.45, 2.75) is 0 Å². The highest BCUT2D eigenvalue weighted by atomic mass is 15.0. The third-order valence-electron chi connectivity index (χ3n) is 8.45. The van der Waals surface area contributed by atoms with E-state index in [0.717, 1.165) is 0 Å². The molecule has 0 saturated heterocycles. The van der Waals surface area contributed by atoms with Crippen molar-refractivity contribution in [1.29, 1.82) is 0 Å². The number of rotatable bonds is 2. The van der Waals surface area contributed by atoms with Gasteiger partial charge in [0.15, 0.2) is 0 Å². The van der Waals surface area contributed by atoms with E-state index in [9.17, 15) is 0 Å². The molecule has 7 aromatic carbocycles. The van der Waals surface area contributed by atoms with E-state index in [4.69, 9.17) is 0 Å². The van der Waals surface area contributed by atoms with Crippen molar-refractivity contribution in [3.05, 3.63) is 146 Å². The predicted octanol–water partition coefficient (Wildman–Crippen LogP) is 10.2. The van der Waals surface area contributed by atoms with Crippen LogP contribution in [0.15, 0.2) is 146 Å². The lowest BCUT2D eigenvalue weighted by molar-refractivity contribution is 1.18. The molecule has 0 N–H and O–H groups in total. The van der Waals surface area contributed by atoms with Gasteiger partial charge in [0.25, 0.3) is 0 Å². The molecule has 0 aliphatic heterocycles. The second-order valence-corrected chi connectivity index (χ2v) is 10.6. The number of hydrogen-bond acceptors (Lipinski definition) is 0. The second kappa shape index (κ2) is 8.08. The number of hydrogen-bond donors (Lipinski definition) is 0. The lowest BCUT2D eigenvalue weighted by atomic mass is 10.0. The van der Waals surface area contributed by atoms with Crippen LogP contribution in [0.5, 0.6) is 0 Å². The van der Waals surface area contributed by atoms with Crippen molar-refractivity contribution in [1.82, 2.24) is 9.13 Å². The third kappa shape index (κ3) is 2.93. The molecule has 9 rings (SSSR count). The lowest BCUT2D eigenvalue weighted by Gasteiger charge is -2.12. The Labute approximate surface area is 230 Å². The Balaban J connectivity index is 1.46. The number of nitrogens with zero attached hydrogens (tertiary/aromatic N) is 2. The molecule has 40 heavy (non-hydrogen) atoms. The molecule has 2 nitrogen and oxygen atoms in total. The Bertz CT molecular complexity index is 2420. The molecule has 0 bridgehead atoms. The summed E-state index contributed by atoms with van der Waals surface area (Å²) in [4.78, 5) is 0. The summed E-state index contributed by atoms with van der Waals surface area (Å²) in [7, 11) is 0. The van der Waals surface area contributed by atoms with Crippen LogP contribution in [0, 0.1) is 0 Å². The first-order valence-corrected chi connectivity index (χ1v) is 13.8. The van der Waals surface area contributed by atoms with E-state index in [1.807, 2.05) is 0 Å². The zero-order chi connectivity index (χ0) is 26.2. The molecule has 0 saturated carbocycles. The fourth-order valence-corrected chi connectivity index (χ4v) is 6.69. The van der Waals surface area contributed by atoms with Crippen LogP contribution in [0.3, 0.4) is 0 Å². The number of aromatic nitrogens is 2. The number of benzene rings is 7. The lowest BCUT2D eigenvalue weighted by Crippen LogP contribution is -1.95. The van der Waals surface area contributed by atoms with Gasteiger partial charge in [0.1, 0.15) is 0 Å². The third-order valence-corrected chi connectivity index (χ3v) is 8.45. The standard InChI is InChI=1S/C38H24N2/c1-2-12-28(13-3-1)39-35-16-8-7-15-31(35)34-24-33-27(23-37(34)39)19-21-32-30-14-6-9-17-36(30)40(38(32)33)29-20-18-25-10-4-5-11-26(25)22-29/h1-24H. The Morgan fingerprint density at radius 3 is 1.77 bits per heavy atom. The van der Waals surface area contributed by atoms with Crippen molar-refractivity contribution < 1.29 is 0 Å². The normalized spacial score (nSPS) is 12.0. The van der Waals surface area contributed by atoms with Crippen molar-refractivity contribution >= 4 is 65.2 Å². The largest absolute Gasteiger partial charge is 0.309 e. The van der Waals surface area contributed by atoms with Crippen molar-refractivity contribution in [2.75, 3.05) is 0 Å². The van der Waals surface area contributed by atoms with E-state index >= 15 is 0 Å². The first kappa shape index (κ1) is 21.6. The molecule has 0 aliphatic carbocycles. The van der Waals surface area contributed by atoms with E-state index in [2.05, 4.69) is 155 Å². The van der Waals surface area contributed by atoms with Crippen molar-refractivity contribution in [3.8, 4) is 11.4 Å². The molecule has 0 spiro atoms. The van der Waals surface area contributed by atoms with E-state index in [0.29, 0.717) is 0 Å². The van der Waals surface area contributed by atoms with Crippen LogP contribution < -0.4 is 0 Å². The van der Waals surface area contributed by atoms with Gasteiger partial charge in [-0.25, -0.2) is 0 Å². The fraction of sp³-hybridized carbons (Fsp3) is 0. The van der Waals surface area contributed by atoms with Crippen LogP contribution in [0.2, 0.25) is 0 Å². The molecule has 9 aromatic rings. The van der Waals surface area contributed by atoms with Gasteiger partial charge in [0.2, 0.25) is 0 Å². The first-order valence-electron chi connectivity index (χ1n) is 13.8. The minimum Gasteiger partial charge on any atom is -0.309 e. The zero-order valence-corrected chi connectivity index (χ0v) is 21.8. The van der Waals surface area contributed by atoms with Gasteiger partial charge in [0, 0.05) is 38.3 Å². The monoisotopic (exact) mass is 508 g/mol. The van der Waals surface area contributed by atoms with E-state index < -0.39 is 0 Å². The Morgan fingerprint density at radius 2 is 0.950 bits per heavy atom. The summed E-state index contributed by atoms with van der Waals surface area (Å²) < 4.78 is 4.86. The zero-order valence-electron chi connectivity index (χ0n) is 21.8. The maximum atomic E-state index is 2.46. The molecular weight excluding hydrogens is 484 g/mol. The van der Waals surface area contributed by atoms with Crippen LogP contribution in [0.25, 0.3) is 76.5 Å². The smallest absolute Gasteiger partial charge is 0.0619 e. The van der Waals surface area contributed by atoms with Crippen LogP contribution in [0.1, 0.15) is 0 Å². The van der Waals surface area contributed by atoms with Crippen LogP contribution in [-0.2, 0) is 0 Å². The molecule has 2 heterocycles. The second-order valence-electron chi connectivity index (χ2n) is 10.6. The summed E-state index contributed by atoms with van der Waals surface area (Å²) in [5.41, 5.74) is 7.31. The van der Waals surface area contributed by atoms with Gasteiger partial charge >= 0.3 is 0 Å². The van der Waals surface area contributed by atoms with Crippen LogP contribution in [0.4, 0.5) is 0 Å². The highest BCUT2D eigenvalue weighted by molar-refractivity contribution is 6.22. The predicted molar refractivity (Wildman–Crippen MR) is 170 cm³/mol. The maximum absolute atomic E-state index is 2.46. The van der Waals surface area contributed by atoms with Gasteiger partial charge in [-0.15, -0.1) is 0 Å². The van der Waals surface area contributed by atoms with Gasteiger partial charge in [-0.1, -0.05) is 97.1 Å². The minimum atomic E-state index is 1.18. The van der Waals surface area contributed by atoms with E-state index in [1.165, 1.54) is 76.5 Å². The molecular formula is C38H24N2. The Kier molecular flexibility index (Phi) is 4.36. The van der Waals surface area contributed by atoms with Gasteiger partial charge in [-0.3, -0.25) is 0 Å². The highest BCUT2D eigenvalue weighted by Gasteiger charge is 2.18. The number of fused-ring (bicyclic) bond motifs is 9. The molecule has 0 atom stereocenters. The summed E-state index contributed by atoms with van der Waals surface area (Å²) in [5.74, 6) is 0. The van der Waals surface area contributed by atoms with Crippen molar-refractivity contribution in [2.24, 2.45) is 0 Å². The maximum Gasteiger partial charge on any atom is 0.0619 e. The highest BCUT2D eigenvalue weighted by Crippen LogP contribution is 2.41. The quantitative estimate of drug-likeness (QED) is 0.220. The average Bonchev–Trinajstić information content (AvgIpc) is 3.53.